The molecule has 15 heavy (non-hydrogen) atoms. The molecule has 1 aromatic heterocycles. The molecule has 0 fully saturated rings. The summed E-state index contributed by atoms with van der Waals surface area (Å²) in [5, 5.41) is 6.88. The third kappa shape index (κ3) is 3.00. The normalized spacial score (nSPS) is 14.2. The van der Waals surface area contributed by atoms with Crippen molar-refractivity contribution in [3.63, 3.8) is 0 Å². The molecule has 0 aliphatic carbocycles. The van der Waals surface area contributed by atoms with E-state index in [1.807, 2.05) is 7.05 Å². The summed E-state index contributed by atoms with van der Waals surface area (Å²) in [4.78, 5) is 4.27. The molecular formula is C10H19N3O2. The van der Waals surface area contributed by atoms with Crippen LogP contribution >= 0.6 is 0 Å². The van der Waals surface area contributed by atoms with Gasteiger partial charge in [0.25, 0.3) is 0 Å². The van der Waals surface area contributed by atoms with Crippen molar-refractivity contribution < 1.29 is 9.26 Å². The van der Waals surface area contributed by atoms with Crippen molar-refractivity contribution in [3.8, 4) is 0 Å². The number of hydrogen-bond donors (Lipinski definition) is 1. The first-order chi connectivity index (χ1) is 6.99. The van der Waals surface area contributed by atoms with E-state index >= 15 is 0 Å². The maximum Gasteiger partial charge on any atom is 0.240 e. The van der Waals surface area contributed by atoms with Gasteiger partial charge < -0.3 is 14.6 Å². The van der Waals surface area contributed by atoms with E-state index in [0.29, 0.717) is 18.3 Å². The van der Waals surface area contributed by atoms with Crippen LogP contribution in [0.25, 0.3) is 0 Å². The molecule has 0 saturated heterocycles. The second kappa shape index (κ2) is 4.72. The van der Waals surface area contributed by atoms with E-state index in [0.717, 1.165) is 0 Å². The van der Waals surface area contributed by atoms with E-state index < -0.39 is 0 Å². The molecule has 1 unspecified atom stereocenters. The van der Waals surface area contributed by atoms with Crippen molar-refractivity contribution in [3.05, 3.63) is 11.7 Å². The third-order valence-electron chi connectivity index (χ3n) is 2.07. The van der Waals surface area contributed by atoms with Crippen LogP contribution in [-0.4, -0.2) is 24.3 Å². The fourth-order valence-electron chi connectivity index (χ4n) is 1.44. The number of methoxy groups -OCH3 is 1. The molecule has 1 atom stereocenters. The Morgan fingerprint density at radius 2 is 2.13 bits per heavy atom. The summed E-state index contributed by atoms with van der Waals surface area (Å²) in [5.74, 6) is 1.19. The zero-order valence-electron chi connectivity index (χ0n) is 10.00. The fraction of sp³-hybridized carbons (Fsp3) is 0.800. The van der Waals surface area contributed by atoms with Gasteiger partial charge in [-0.25, -0.2) is 0 Å². The van der Waals surface area contributed by atoms with Crippen LogP contribution in [0, 0.1) is 5.41 Å². The van der Waals surface area contributed by atoms with E-state index in [1.165, 1.54) is 0 Å². The van der Waals surface area contributed by atoms with Gasteiger partial charge in [-0.3, -0.25) is 0 Å². The lowest BCUT2D eigenvalue weighted by Crippen LogP contribution is -2.21. The minimum atomic E-state index is -0.146. The van der Waals surface area contributed by atoms with Gasteiger partial charge in [-0.15, -0.1) is 0 Å². The Balaban J connectivity index is 2.83. The van der Waals surface area contributed by atoms with Crippen molar-refractivity contribution in [2.45, 2.75) is 33.4 Å². The van der Waals surface area contributed by atoms with Gasteiger partial charge in [-0.1, -0.05) is 25.9 Å². The van der Waals surface area contributed by atoms with Crippen LogP contribution in [0.1, 0.15) is 38.6 Å². The van der Waals surface area contributed by atoms with E-state index in [9.17, 15) is 0 Å². The summed E-state index contributed by atoms with van der Waals surface area (Å²) < 4.78 is 10.5. The lowest BCUT2D eigenvalue weighted by Gasteiger charge is -2.26. The summed E-state index contributed by atoms with van der Waals surface area (Å²) in [6.07, 6.45) is -0.146. The van der Waals surface area contributed by atoms with Crippen LogP contribution < -0.4 is 5.32 Å². The number of aromatic nitrogens is 2. The standard InChI is InChI=1S/C10H19N3O2/c1-10(2,3)8(14-5)9-12-7(6-11-4)15-13-9/h8,11H,6H2,1-5H3. The zero-order chi connectivity index (χ0) is 11.5. The minimum absolute atomic E-state index is 0.0461. The predicted octanol–water partition coefficient (Wildman–Crippen LogP) is 1.52. The summed E-state index contributed by atoms with van der Waals surface area (Å²) in [5.41, 5.74) is -0.0461. The maximum atomic E-state index is 5.39. The summed E-state index contributed by atoms with van der Waals surface area (Å²) >= 11 is 0. The van der Waals surface area contributed by atoms with Gasteiger partial charge in [-0.05, 0) is 12.5 Å². The molecule has 1 N–H and O–H groups in total. The minimum Gasteiger partial charge on any atom is -0.373 e. The lowest BCUT2D eigenvalue weighted by atomic mass is 9.88. The molecule has 0 amide bonds. The zero-order valence-corrected chi connectivity index (χ0v) is 10.00. The molecule has 0 spiro atoms. The highest BCUT2D eigenvalue weighted by atomic mass is 16.5. The largest absolute Gasteiger partial charge is 0.373 e. The first kappa shape index (κ1) is 12.1. The first-order valence-corrected chi connectivity index (χ1v) is 4.99. The number of nitrogens with one attached hydrogen (secondary N) is 1. The average molecular weight is 213 g/mol. The Labute approximate surface area is 90.2 Å². The molecule has 5 nitrogen and oxygen atoms in total. The van der Waals surface area contributed by atoms with Crippen molar-refractivity contribution in [1.82, 2.24) is 15.5 Å². The topological polar surface area (TPSA) is 60.2 Å². The number of ether oxygens (including phenoxy) is 1. The summed E-state index contributed by atoms with van der Waals surface area (Å²) in [7, 11) is 3.49. The molecule has 1 heterocycles. The van der Waals surface area contributed by atoms with Gasteiger partial charge in [0, 0.05) is 7.11 Å². The Bertz CT molecular complexity index is 304. The Hall–Kier alpha value is -0.940. The summed E-state index contributed by atoms with van der Waals surface area (Å²) in [6.45, 7) is 6.81. The molecule has 0 bridgehead atoms. The van der Waals surface area contributed by atoms with Crippen molar-refractivity contribution >= 4 is 0 Å². The highest BCUT2D eigenvalue weighted by Crippen LogP contribution is 2.33. The van der Waals surface area contributed by atoms with E-state index in [-0.39, 0.29) is 11.5 Å². The molecule has 86 valence electrons. The molecule has 0 radical (unpaired) electrons. The van der Waals surface area contributed by atoms with Crippen LogP contribution in [0.15, 0.2) is 4.52 Å². The van der Waals surface area contributed by atoms with Gasteiger partial charge in [0.05, 0.1) is 6.54 Å². The molecule has 0 saturated carbocycles. The smallest absolute Gasteiger partial charge is 0.240 e. The number of hydrogen-bond acceptors (Lipinski definition) is 5. The Kier molecular flexibility index (Phi) is 3.82. The third-order valence-corrected chi connectivity index (χ3v) is 2.07. The molecular weight excluding hydrogens is 194 g/mol. The highest BCUT2D eigenvalue weighted by Gasteiger charge is 2.30. The van der Waals surface area contributed by atoms with Crippen LogP contribution in [-0.2, 0) is 11.3 Å². The maximum absolute atomic E-state index is 5.39. The molecule has 0 aromatic carbocycles. The van der Waals surface area contributed by atoms with Gasteiger partial charge in [0.1, 0.15) is 6.10 Å². The second-order valence-electron chi connectivity index (χ2n) is 4.56. The van der Waals surface area contributed by atoms with Crippen LogP contribution in [0.3, 0.4) is 0 Å². The van der Waals surface area contributed by atoms with E-state index in [2.05, 4.69) is 36.2 Å². The average Bonchev–Trinajstić information content (AvgIpc) is 2.52. The van der Waals surface area contributed by atoms with E-state index in [1.54, 1.807) is 7.11 Å². The Morgan fingerprint density at radius 3 is 2.60 bits per heavy atom. The molecule has 0 aliphatic heterocycles. The van der Waals surface area contributed by atoms with Crippen molar-refractivity contribution in [2.75, 3.05) is 14.2 Å². The molecule has 1 aromatic rings. The summed E-state index contributed by atoms with van der Waals surface area (Å²) in [6, 6.07) is 0. The fourth-order valence-corrected chi connectivity index (χ4v) is 1.44. The van der Waals surface area contributed by atoms with Gasteiger partial charge in [-0.2, -0.15) is 4.98 Å². The van der Waals surface area contributed by atoms with Crippen molar-refractivity contribution in [1.29, 1.82) is 0 Å². The van der Waals surface area contributed by atoms with E-state index in [4.69, 9.17) is 9.26 Å². The monoisotopic (exact) mass is 213 g/mol. The second-order valence-corrected chi connectivity index (χ2v) is 4.56. The van der Waals surface area contributed by atoms with Gasteiger partial charge in [0.2, 0.25) is 11.7 Å². The van der Waals surface area contributed by atoms with Crippen LogP contribution in [0.5, 0.6) is 0 Å². The predicted molar refractivity (Wildman–Crippen MR) is 56.3 cm³/mol. The van der Waals surface area contributed by atoms with Crippen LogP contribution in [0.2, 0.25) is 0 Å². The van der Waals surface area contributed by atoms with Gasteiger partial charge in [0.15, 0.2) is 0 Å². The highest BCUT2D eigenvalue weighted by molar-refractivity contribution is 4.96. The number of rotatable bonds is 4. The first-order valence-electron chi connectivity index (χ1n) is 4.99. The lowest BCUT2D eigenvalue weighted by molar-refractivity contribution is 0.00718. The van der Waals surface area contributed by atoms with Crippen LogP contribution in [0.4, 0.5) is 0 Å². The molecule has 5 heteroatoms. The SMILES string of the molecule is CNCc1nc(C(OC)C(C)(C)C)no1. The Morgan fingerprint density at radius 1 is 1.47 bits per heavy atom. The van der Waals surface area contributed by atoms with Crippen molar-refractivity contribution in [2.24, 2.45) is 5.41 Å². The molecule has 0 aliphatic rings. The van der Waals surface area contributed by atoms with Gasteiger partial charge >= 0.3 is 0 Å². The quantitative estimate of drug-likeness (QED) is 0.821. The molecule has 1 rings (SSSR count). The number of nitrogens with zero attached hydrogens (tertiary/aromatic N) is 2.